The third-order valence-electron chi connectivity index (χ3n) is 2.36. The molecular weight excluding hydrogens is 345 g/mol. The minimum Gasteiger partial charge on any atom is -0.453 e. The first-order valence-corrected chi connectivity index (χ1v) is 7.52. The SMILES string of the molecule is O=S(=O)(Nc1ccncc1Oc1cccc(Cl)c1)C(F)(F)F. The summed E-state index contributed by atoms with van der Waals surface area (Å²) >= 11 is 5.76. The molecule has 0 aliphatic carbocycles. The number of nitrogens with zero attached hydrogens (tertiary/aromatic N) is 1. The number of nitrogens with one attached hydrogen (secondary N) is 1. The second kappa shape index (κ2) is 6.01. The lowest BCUT2D eigenvalue weighted by atomic mass is 10.3. The average Bonchev–Trinajstić information content (AvgIpc) is 2.39. The summed E-state index contributed by atoms with van der Waals surface area (Å²) in [5.41, 5.74) is -5.84. The minimum atomic E-state index is -5.56. The smallest absolute Gasteiger partial charge is 0.453 e. The molecule has 2 rings (SSSR count). The lowest BCUT2D eigenvalue weighted by Gasteiger charge is -2.14. The standard InChI is InChI=1S/C12H8ClF3N2O3S/c13-8-2-1-3-9(6-8)21-11-7-17-5-4-10(11)18-22(19,20)12(14,15)16/h1-7H,(H,17,18). The molecule has 22 heavy (non-hydrogen) atoms. The highest BCUT2D eigenvalue weighted by Crippen LogP contribution is 2.33. The Balaban J connectivity index is 2.32. The number of pyridine rings is 1. The van der Waals surface area contributed by atoms with E-state index in [9.17, 15) is 21.6 Å². The van der Waals surface area contributed by atoms with Crippen LogP contribution in [-0.4, -0.2) is 18.9 Å². The van der Waals surface area contributed by atoms with Crippen LogP contribution in [0.3, 0.4) is 0 Å². The predicted molar refractivity (Wildman–Crippen MR) is 74.4 cm³/mol. The zero-order valence-electron chi connectivity index (χ0n) is 10.6. The second-order valence-corrected chi connectivity index (χ2v) is 6.09. The lowest BCUT2D eigenvalue weighted by Crippen LogP contribution is -2.30. The molecule has 0 saturated heterocycles. The van der Waals surface area contributed by atoms with E-state index in [4.69, 9.17) is 16.3 Å². The lowest BCUT2D eigenvalue weighted by molar-refractivity contribution is -0.0429. The molecule has 0 aliphatic rings. The van der Waals surface area contributed by atoms with Crippen LogP contribution in [-0.2, 0) is 10.0 Å². The van der Waals surface area contributed by atoms with Crippen molar-refractivity contribution in [1.29, 1.82) is 0 Å². The molecule has 0 fully saturated rings. The minimum absolute atomic E-state index is 0.197. The summed E-state index contributed by atoms with van der Waals surface area (Å²) in [6.07, 6.45) is 2.20. The van der Waals surface area contributed by atoms with Gasteiger partial charge in [0.25, 0.3) is 0 Å². The number of hydrogen-bond donors (Lipinski definition) is 1. The van der Waals surface area contributed by atoms with E-state index in [0.717, 1.165) is 18.5 Å². The molecule has 0 radical (unpaired) electrons. The third-order valence-corrected chi connectivity index (χ3v) is 3.69. The van der Waals surface area contributed by atoms with Crippen molar-refractivity contribution in [2.75, 3.05) is 4.72 Å². The Hall–Kier alpha value is -2.00. The monoisotopic (exact) mass is 352 g/mol. The zero-order chi connectivity index (χ0) is 16.4. The summed E-state index contributed by atoms with van der Waals surface area (Å²) in [6, 6.07) is 7.10. The van der Waals surface area contributed by atoms with Gasteiger partial charge in [0.2, 0.25) is 0 Å². The molecule has 118 valence electrons. The highest BCUT2D eigenvalue weighted by Gasteiger charge is 2.46. The highest BCUT2D eigenvalue weighted by atomic mass is 35.5. The molecule has 0 bridgehead atoms. The number of sulfonamides is 1. The van der Waals surface area contributed by atoms with Crippen LogP contribution < -0.4 is 9.46 Å². The van der Waals surface area contributed by atoms with Gasteiger partial charge >= 0.3 is 15.5 Å². The molecule has 0 saturated carbocycles. The van der Waals surface area contributed by atoms with Gasteiger partial charge in [0.05, 0.1) is 11.9 Å². The van der Waals surface area contributed by atoms with Gasteiger partial charge in [0.15, 0.2) is 5.75 Å². The van der Waals surface area contributed by atoms with E-state index >= 15 is 0 Å². The van der Waals surface area contributed by atoms with Crippen LogP contribution in [0.4, 0.5) is 18.9 Å². The average molecular weight is 353 g/mol. The molecule has 5 nitrogen and oxygen atoms in total. The normalized spacial score (nSPS) is 12.0. The van der Waals surface area contributed by atoms with Crippen LogP contribution in [0.1, 0.15) is 0 Å². The van der Waals surface area contributed by atoms with Crippen LogP contribution in [0.5, 0.6) is 11.5 Å². The van der Waals surface area contributed by atoms with E-state index in [1.165, 1.54) is 16.9 Å². The summed E-state index contributed by atoms with van der Waals surface area (Å²) in [4.78, 5) is 3.68. The number of hydrogen-bond acceptors (Lipinski definition) is 4. The van der Waals surface area contributed by atoms with Gasteiger partial charge in [-0.15, -0.1) is 0 Å². The van der Waals surface area contributed by atoms with Crippen LogP contribution in [0.15, 0.2) is 42.7 Å². The Bertz CT molecular complexity index is 781. The highest BCUT2D eigenvalue weighted by molar-refractivity contribution is 7.93. The third kappa shape index (κ3) is 3.80. The topological polar surface area (TPSA) is 68.3 Å². The van der Waals surface area contributed by atoms with E-state index in [0.29, 0.717) is 5.02 Å². The largest absolute Gasteiger partial charge is 0.516 e. The molecule has 1 aromatic carbocycles. The molecule has 1 heterocycles. The number of anilines is 1. The Kier molecular flexibility index (Phi) is 4.47. The van der Waals surface area contributed by atoms with Gasteiger partial charge in [0, 0.05) is 11.2 Å². The summed E-state index contributed by atoms with van der Waals surface area (Å²) in [6.45, 7) is 0. The molecule has 1 N–H and O–H groups in total. The van der Waals surface area contributed by atoms with E-state index in [1.54, 1.807) is 12.1 Å². The molecule has 0 amide bonds. The number of alkyl halides is 3. The fraction of sp³-hybridized carbons (Fsp3) is 0.0833. The number of benzene rings is 1. The first-order valence-electron chi connectivity index (χ1n) is 5.65. The Morgan fingerprint density at radius 3 is 2.59 bits per heavy atom. The van der Waals surface area contributed by atoms with E-state index < -0.39 is 21.2 Å². The first-order chi connectivity index (χ1) is 10.2. The molecule has 1 aromatic heterocycles. The van der Waals surface area contributed by atoms with Crippen molar-refractivity contribution in [2.45, 2.75) is 5.51 Å². The number of halogens is 4. The molecule has 0 aliphatic heterocycles. The Morgan fingerprint density at radius 1 is 1.23 bits per heavy atom. The van der Waals surface area contributed by atoms with E-state index in [2.05, 4.69) is 4.98 Å². The van der Waals surface area contributed by atoms with Gasteiger partial charge < -0.3 is 4.74 Å². The van der Waals surface area contributed by atoms with Crippen LogP contribution in [0.25, 0.3) is 0 Å². The van der Waals surface area contributed by atoms with Crippen LogP contribution in [0, 0.1) is 0 Å². The van der Waals surface area contributed by atoms with Crippen LogP contribution in [0.2, 0.25) is 5.02 Å². The molecule has 0 atom stereocenters. The van der Waals surface area contributed by atoms with E-state index in [1.807, 2.05) is 0 Å². The van der Waals surface area contributed by atoms with Crippen LogP contribution >= 0.6 is 11.6 Å². The summed E-state index contributed by atoms with van der Waals surface area (Å²) < 4.78 is 66.2. The van der Waals surface area contributed by atoms with Crippen molar-refractivity contribution in [1.82, 2.24) is 4.98 Å². The second-order valence-electron chi connectivity index (χ2n) is 3.98. The quantitative estimate of drug-likeness (QED) is 0.909. The molecule has 0 unspecified atom stereocenters. The maximum atomic E-state index is 12.4. The molecular formula is C12H8ClF3N2O3S. The van der Waals surface area contributed by atoms with Crippen molar-refractivity contribution in [2.24, 2.45) is 0 Å². The van der Waals surface area contributed by atoms with Gasteiger partial charge in [-0.05, 0) is 24.3 Å². The van der Waals surface area contributed by atoms with Crippen molar-refractivity contribution >= 4 is 27.3 Å². The van der Waals surface area contributed by atoms with Gasteiger partial charge in [-0.25, -0.2) is 0 Å². The van der Waals surface area contributed by atoms with Gasteiger partial charge in [-0.2, -0.15) is 21.6 Å². The molecule has 0 spiro atoms. The zero-order valence-corrected chi connectivity index (χ0v) is 12.2. The summed E-state index contributed by atoms with van der Waals surface area (Å²) in [5.74, 6) is 0.0190. The number of aromatic nitrogens is 1. The molecule has 2 aromatic rings. The van der Waals surface area contributed by atoms with Crippen molar-refractivity contribution in [3.8, 4) is 11.5 Å². The molecule has 10 heteroatoms. The summed E-state index contributed by atoms with van der Waals surface area (Å²) in [5, 5.41) is 0.346. The van der Waals surface area contributed by atoms with Crippen molar-refractivity contribution < 1.29 is 26.3 Å². The van der Waals surface area contributed by atoms with Crippen molar-refractivity contribution in [3.63, 3.8) is 0 Å². The van der Waals surface area contributed by atoms with Gasteiger partial charge in [0.1, 0.15) is 5.75 Å². The Morgan fingerprint density at radius 2 is 1.95 bits per heavy atom. The fourth-order valence-corrected chi connectivity index (χ4v) is 2.16. The maximum Gasteiger partial charge on any atom is 0.516 e. The Labute approximate surface area is 128 Å². The number of rotatable bonds is 4. The van der Waals surface area contributed by atoms with Gasteiger partial charge in [-0.3, -0.25) is 9.71 Å². The summed E-state index contributed by atoms with van der Waals surface area (Å²) in [7, 11) is -5.56. The fourth-order valence-electron chi connectivity index (χ4n) is 1.41. The van der Waals surface area contributed by atoms with E-state index in [-0.39, 0.29) is 11.5 Å². The van der Waals surface area contributed by atoms with Crippen molar-refractivity contribution in [3.05, 3.63) is 47.7 Å². The first kappa shape index (κ1) is 16.4. The maximum absolute atomic E-state index is 12.4. The predicted octanol–water partition coefficient (Wildman–Crippen LogP) is 3.79. The van der Waals surface area contributed by atoms with Gasteiger partial charge in [-0.1, -0.05) is 17.7 Å². The number of ether oxygens (including phenoxy) is 1.